The summed E-state index contributed by atoms with van der Waals surface area (Å²) in [7, 11) is 1.18. The van der Waals surface area contributed by atoms with Crippen LogP contribution in [-0.4, -0.2) is 100 Å². The second-order valence-electron chi connectivity index (χ2n) is 6.84. The third-order valence-corrected chi connectivity index (χ3v) is 5.27. The number of rotatable bonds is 5. The molecule has 6 N–H and O–H groups in total. The molecule has 0 radical (unpaired) electrons. The van der Waals surface area contributed by atoms with Gasteiger partial charge in [-0.15, -0.1) is 0 Å². The number of aliphatic hydroxyl groups excluding tert-OH is 6. The largest absolute Gasteiger partial charge is 0.471 e. The highest BCUT2D eigenvalue weighted by atomic mass is 16.8. The Morgan fingerprint density at radius 3 is 2.39 bits per heavy atom. The first-order chi connectivity index (χ1) is 13.3. The highest BCUT2D eigenvalue weighted by molar-refractivity contribution is 5.89. The molecule has 1 saturated heterocycles. The molecule has 2 heterocycles. The van der Waals surface area contributed by atoms with Gasteiger partial charge in [-0.1, -0.05) is 6.08 Å². The average Bonchev–Trinajstić information content (AvgIpc) is 3.05. The quantitative estimate of drug-likeness (QED) is 0.200. The maximum atomic E-state index is 12.0. The molecule has 158 valence electrons. The lowest BCUT2D eigenvalue weighted by Gasteiger charge is -2.43. The predicted molar refractivity (Wildman–Crippen MR) is 88.0 cm³/mol. The molecule has 0 unspecified atom stereocenters. The van der Waals surface area contributed by atoms with Gasteiger partial charge in [0, 0.05) is 5.92 Å². The molecule has 3 rings (SSSR count). The molecule has 9 atom stereocenters. The maximum Gasteiger partial charge on any atom is 0.337 e. The minimum Gasteiger partial charge on any atom is -0.471 e. The summed E-state index contributed by atoms with van der Waals surface area (Å²) in [5.74, 6) is -2.34. The van der Waals surface area contributed by atoms with Gasteiger partial charge in [0.1, 0.15) is 24.4 Å². The molecule has 0 aromatic carbocycles. The SMILES string of the molecule is COC(=O)C1=CO[C@@H](O[C@@H]2O[C@H](CO)[C@@H](O)[C@H](O)[C@H]2O)[C@@H]2C(CO)=C[C@@H](O)[C@H]12. The molecule has 0 spiro atoms. The van der Waals surface area contributed by atoms with Gasteiger partial charge in [-0.25, -0.2) is 4.79 Å². The summed E-state index contributed by atoms with van der Waals surface area (Å²) in [5, 5.41) is 59.1. The van der Waals surface area contributed by atoms with E-state index < -0.39 is 74.1 Å². The van der Waals surface area contributed by atoms with Crippen LogP contribution in [0.2, 0.25) is 0 Å². The predicted octanol–water partition coefficient (Wildman–Crippen LogP) is -3.26. The second-order valence-corrected chi connectivity index (χ2v) is 6.84. The Hall–Kier alpha value is -1.57. The van der Waals surface area contributed by atoms with Crippen molar-refractivity contribution in [2.24, 2.45) is 11.8 Å². The zero-order valence-corrected chi connectivity index (χ0v) is 15.0. The number of hydrogen-bond acceptors (Lipinski definition) is 11. The van der Waals surface area contributed by atoms with Gasteiger partial charge in [0.2, 0.25) is 6.29 Å². The summed E-state index contributed by atoms with van der Waals surface area (Å²) in [6.07, 6.45) is -7.36. The smallest absolute Gasteiger partial charge is 0.337 e. The van der Waals surface area contributed by atoms with Crippen LogP contribution in [0.4, 0.5) is 0 Å². The molecule has 0 aromatic heterocycles. The Kier molecular flexibility index (Phi) is 6.37. The van der Waals surface area contributed by atoms with E-state index in [1.165, 1.54) is 13.2 Å². The molecular formula is C17H24O11. The van der Waals surface area contributed by atoms with E-state index in [4.69, 9.17) is 18.9 Å². The van der Waals surface area contributed by atoms with Crippen molar-refractivity contribution >= 4 is 5.97 Å². The molecule has 0 bridgehead atoms. The molecule has 3 aliphatic rings. The van der Waals surface area contributed by atoms with Crippen LogP contribution in [-0.2, 0) is 23.7 Å². The van der Waals surface area contributed by atoms with E-state index in [0.29, 0.717) is 5.57 Å². The number of fused-ring (bicyclic) bond motifs is 1. The lowest BCUT2D eigenvalue weighted by Crippen LogP contribution is -2.60. The zero-order valence-electron chi connectivity index (χ0n) is 15.0. The normalized spacial score (nSPS) is 42.9. The molecule has 28 heavy (non-hydrogen) atoms. The lowest BCUT2D eigenvalue weighted by atomic mass is 9.82. The van der Waals surface area contributed by atoms with E-state index in [1.54, 1.807) is 0 Å². The third kappa shape index (κ3) is 3.55. The Morgan fingerprint density at radius 1 is 1.07 bits per heavy atom. The summed E-state index contributed by atoms with van der Waals surface area (Å²) in [4.78, 5) is 12.0. The van der Waals surface area contributed by atoms with Gasteiger partial charge in [-0.3, -0.25) is 0 Å². The molecule has 0 saturated carbocycles. The zero-order chi connectivity index (χ0) is 20.6. The summed E-state index contributed by atoms with van der Waals surface area (Å²) < 4.78 is 21.1. The topological polar surface area (TPSA) is 175 Å². The molecule has 2 aliphatic heterocycles. The molecule has 11 nitrogen and oxygen atoms in total. The minimum atomic E-state index is -1.65. The van der Waals surface area contributed by atoms with Crippen LogP contribution in [0.25, 0.3) is 0 Å². The molecular weight excluding hydrogens is 380 g/mol. The number of esters is 1. The molecule has 1 aliphatic carbocycles. The second kappa shape index (κ2) is 8.43. The highest BCUT2D eigenvalue weighted by Crippen LogP contribution is 2.44. The summed E-state index contributed by atoms with van der Waals surface area (Å²) >= 11 is 0. The van der Waals surface area contributed by atoms with Crippen molar-refractivity contribution in [2.75, 3.05) is 20.3 Å². The monoisotopic (exact) mass is 404 g/mol. The Bertz CT molecular complexity index is 645. The fourth-order valence-corrected chi connectivity index (χ4v) is 3.79. The Labute approximate surface area is 160 Å². The van der Waals surface area contributed by atoms with Gasteiger partial charge in [-0.05, 0) is 5.57 Å². The van der Waals surface area contributed by atoms with Gasteiger partial charge in [0.25, 0.3) is 0 Å². The fraction of sp³-hybridized carbons (Fsp3) is 0.706. The lowest BCUT2D eigenvalue weighted by molar-refractivity contribution is -0.340. The van der Waals surface area contributed by atoms with Crippen LogP contribution in [0.3, 0.4) is 0 Å². The van der Waals surface area contributed by atoms with Crippen molar-refractivity contribution in [1.82, 2.24) is 0 Å². The number of carbonyl (C=O) groups is 1. The van der Waals surface area contributed by atoms with Gasteiger partial charge >= 0.3 is 5.97 Å². The summed E-state index contributed by atoms with van der Waals surface area (Å²) in [5.41, 5.74) is 0.398. The first-order valence-electron chi connectivity index (χ1n) is 8.73. The number of aliphatic hydroxyl groups is 6. The van der Waals surface area contributed by atoms with Crippen molar-refractivity contribution in [3.63, 3.8) is 0 Å². The number of hydrogen-bond donors (Lipinski definition) is 6. The maximum absolute atomic E-state index is 12.0. The summed E-state index contributed by atoms with van der Waals surface area (Å²) in [6.45, 7) is -1.07. The fourth-order valence-electron chi connectivity index (χ4n) is 3.79. The van der Waals surface area contributed by atoms with E-state index in [0.717, 1.165) is 6.26 Å². The van der Waals surface area contributed by atoms with E-state index in [-0.39, 0.29) is 5.57 Å². The first kappa shape index (κ1) is 21.1. The van der Waals surface area contributed by atoms with Crippen LogP contribution >= 0.6 is 0 Å². The van der Waals surface area contributed by atoms with Crippen molar-refractivity contribution < 1.29 is 54.4 Å². The van der Waals surface area contributed by atoms with Gasteiger partial charge in [0.15, 0.2) is 6.29 Å². The van der Waals surface area contributed by atoms with Crippen LogP contribution in [0.1, 0.15) is 0 Å². The Morgan fingerprint density at radius 2 is 1.79 bits per heavy atom. The van der Waals surface area contributed by atoms with Gasteiger partial charge < -0.3 is 49.6 Å². The highest BCUT2D eigenvalue weighted by Gasteiger charge is 2.52. The number of methoxy groups -OCH3 is 1. The number of carbonyl (C=O) groups excluding carboxylic acids is 1. The third-order valence-electron chi connectivity index (χ3n) is 5.27. The molecule has 0 aromatic rings. The first-order valence-corrected chi connectivity index (χ1v) is 8.73. The Balaban J connectivity index is 1.84. The van der Waals surface area contributed by atoms with Crippen molar-refractivity contribution in [2.45, 2.75) is 43.1 Å². The summed E-state index contributed by atoms with van der Waals surface area (Å²) in [6, 6.07) is 0. The molecule has 1 fully saturated rings. The standard InChI is InChI=1S/C17H24O11/c1-25-15(24)7-5-26-16(10-6(3-18)2-8(20)11(7)10)28-17-14(23)13(22)12(21)9(4-19)27-17/h2,5,8-14,16-23H,3-4H2,1H3/t8-,9-,10-,11+,12-,13+,14-,16+,17+/m1/s1. The molecule has 0 amide bonds. The van der Waals surface area contributed by atoms with Crippen molar-refractivity contribution in [3.8, 4) is 0 Å². The molecule has 11 heteroatoms. The van der Waals surface area contributed by atoms with Crippen molar-refractivity contribution in [1.29, 1.82) is 0 Å². The number of ether oxygens (including phenoxy) is 4. The van der Waals surface area contributed by atoms with E-state index in [1.807, 2.05) is 0 Å². The van der Waals surface area contributed by atoms with E-state index in [2.05, 4.69) is 0 Å². The van der Waals surface area contributed by atoms with Gasteiger partial charge in [0.05, 0.1) is 44.2 Å². The van der Waals surface area contributed by atoms with Crippen LogP contribution in [0.15, 0.2) is 23.5 Å². The van der Waals surface area contributed by atoms with Crippen LogP contribution in [0, 0.1) is 11.8 Å². The average molecular weight is 404 g/mol. The van der Waals surface area contributed by atoms with Gasteiger partial charge in [-0.2, -0.15) is 0 Å². The van der Waals surface area contributed by atoms with Crippen LogP contribution in [0.5, 0.6) is 0 Å². The van der Waals surface area contributed by atoms with Crippen LogP contribution < -0.4 is 0 Å². The minimum absolute atomic E-state index is 0.0494. The van der Waals surface area contributed by atoms with Crippen molar-refractivity contribution in [3.05, 3.63) is 23.5 Å². The van der Waals surface area contributed by atoms with E-state index in [9.17, 15) is 35.4 Å². The van der Waals surface area contributed by atoms with E-state index >= 15 is 0 Å².